The van der Waals surface area contributed by atoms with E-state index in [1.54, 1.807) is 24.3 Å². The normalized spacial score (nSPS) is 13.4. The van der Waals surface area contributed by atoms with Crippen molar-refractivity contribution in [3.05, 3.63) is 78.7 Å². The summed E-state index contributed by atoms with van der Waals surface area (Å²) in [7, 11) is -0.748. The van der Waals surface area contributed by atoms with Gasteiger partial charge in [0.2, 0.25) is 0 Å². The molecule has 3 nitrogen and oxygen atoms in total. The molecule has 1 atom stereocenters. The van der Waals surface area contributed by atoms with Crippen molar-refractivity contribution < 1.29 is 9.36 Å². The summed E-state index contributed by atoms with van der Waals surface area (Å²) in [6.45, 7) is 7.21. The second kappa shape index (κ2) is 8.13. The van der Waals surface area contributed by atoms with Gasteiger partial charge in [-0.25, -0.2) is 0 Å². The smallest absolute Gasteiger partial charge is 0.251 e. The van der Waals surface area contributed by atoms with Gasteiger partial charge in [0.1, 0.15) is 7.80 Å². The van der Waals surface area contributed by atoms with Crippen molar-refractivity contribution in [2.45, 2.75) is 0 Å². The summed E-state index contributed by atoms with van der Waals surface area (Å²) in [5.41, 5.74) is 0.343. The number of amides is 1. The molecule has 0 aromatic heterocycles. The molecule has 1 unspecified atom stereocenters. The number of hydrogen-bond donors (Lipinski definition) is 1. The molecule has 1 N–H and O–H groups in total. The molecule has 1 amide bonds. The fraction of sp³-hybridized carbons (Fsp3) is 0.0625. The Balaban J connectivity index is 3.31. The summed E-state index contributed by atoms with van der Waals surface area (Å²) in [5.74, 6) is -0.299. The molecule has 0 aliphatic carbocycles. The zero-order valence-corrected chi connectivity index (χ0v) is 12.4. The van der Waals surface area contributed by atoms with Crippen LogP contribution in [0.4, 0.5) is 0 Å². The summed E-state index contributed by atoms with van der Waals surface area (Å²) in [6, 6.07) is 9.07. The molecule has 0 spiro atoms. The van der Waals surface area contributed by atoms with Gasteiger partial charge in [-0.15, -0.1) is 0 Å². The van der Waals surface area contributed by atoms with Crippen molar-refractivity contribution in [3.63, 3.8) is 0 Å². The standard InChI is InChI=1S/C16H18NO2P/c1-4-9-14(16(18)17-3)15(10-5-2)20(19)13-11-7-6-8-12-13/h4-12,20H,1-2H2,3H3,(H,17,18)/b14-9+,15-10+. The van der Waals surface area contributed by atoms with E-state index in [0.717, 1.165) is 0 Å². The van der Waals surface area contributed by atoms with Crippen LogP contribution in [0.25, 0.3) is 0 Å². The van der Waals surface area contributed by atoms with Crippen molar-refractivity contribution in [2.75, 3.05) is 7.05 Å². The van der Waals surface area contributed by atoms with E-state index in [4.69, 9.17) is 0 Å². The number of carbonyl (C=O) groups excluding carboxylic acids is 1. The Morgan fingerprint density at radius 2 is 1.75 bits per heavy atom. The van der Waals surface area contributed by atoms with Crippen LogP contribution in [0.1, 0.15) is 0 Å². The summed E-state index contributed by atoms with van der Waals surface area (Å²) in [5, 5.41) is 3.71. The third kappa shape index (κ3) is 3.94. The van der Waals surface area contributed by atoms with E-state index in [-0.39, 0.29) is 5.91 Å². The average molecular weight is 287 g/mol. The predicted molar refractivity (Wildman–Crippen MR) is 85.7 cm³/mol. The first-order chi connectivity index (χ1) is 9.65. The van der Waals surface area contributed by atoms with Crippen LogP contribution in [0.3, 0.4) is 0 Å². The first kappa shape index (κ1) is 15.9. The van der Waals surface area contributed by atoms with Crippen LogP contribution in [0.15, 0.2) is 78.7 Å². The molecule has 0 heterocycles. The molecule has 0 aliphatic rings. The Morgan fingerprint density at radius 3 is 2.25 bits per heavy atom. The Kier molecular flexibility index (Phi) is 6.48. The van der Waals surface area contributed by atoms with Crippen molar-refractivity contribution >= 4 is 19.0 Å². The molecule has 0 saturated heterocycles. The maximum Gasteiger partial charge on any atom is 0.251 e. The topological polar surface area (TPSA) is 46.2 Å². The Morgan fingerprint density at radius 1 is 1.15 bits per heavy atom. The SMILES string of the molecule is C=C/C=C(C(=O)NC)\C(=C/C=C)[PH](=O)c1ccccc1. The van der Waals surface area contributed by atoms with Gasteiger partial charge >= 0.3 is 0 Å². The van der Waals surface area contributed by atoms with E-state index in [1.807, 2.05) is 18.2 Å². The van der Waals surface area contributed by atoms with Gasteiger partial charge in [-0.1, -0.05) is 61.7 Å². The van der Waals surface area contributed by atoms with E-state index in [2.05, 4.69) is 18.5 Å². The Hall–Kier alpha value is -2.12. The van der Waals surface area contributed by atoms with Gasteiger partial charge < -0.3 is 9.88 Å². The third-order valence-electron chi connectivity index (χ3n) is 2.61. The third-order valence-corrected chi connectivity index (χ3v) is 4.39. The molecule has 1 rings (SSSR count). The summed E-state index contributed by atoms with van der Waals surface area (Å²) < 4.78 is 12.7. The lowest BCUT2D eigenvalue weighted by atomic mass is 10.2. The van der Waals surface area contributed by atoms with E-state index in [9.17, 15) is 9.36 Å². The van der Waals surface area contributed by atoms with Gasteiger partial charge in [-0.2, -0.15) is 0 Å². The fourth-order valence-electron chi connectivity index (χ4n) is 1.69. The highest BCUT2D eigenvalue weighted by molar-refractivity contribution is 7.58. The zero-order valence-electron chi connectivity index (χ0n) is 11.4. The van der Waals surface area contributed by atoms with Crippen LogP contribution >= 0.6 is 7.80 Å². The largest absolute Gasteiger partial charge is 0.355 e. The lowest BCUT2D eigenvalue weighted by Crippen LogP contribution is -2.21. The number of nitrogens with one attached hydrogen (secondary N) is 1. The van der Waals surface area contributed by atoms with Crippen LogP contribution in [0.5, 0.6) is 0 Å². The van der Waals surface area contributed by atoms with Crippen LogP contribution in [-0.2, 0) is 9.36 Å². The summed E-state index contributed by atoms with van der Waals surface area (Å²) >= 11 is 0. The minimum absolute atomic E-state index is 0.299. The minimum Gasteiger partial charge on any atom is -0.355 e. The predicted octanol–water partition coefficient (Wildman–Crippen LogP) is 2.80. The monoisotopic (exact) mass is 287 g/mol. The summed E-state index contributed by atoms with van der Waals surface area (Å²) in [4.78, 5) is 11.9. The first-order valence-electron chi connectivity index (χ1n) is 6.13. The lowest BCUT2D eigenvalue weighted by Gasteiger charge is -2.11. The first-order valence-corrected chi connectivity index (χ1v) is 7.54. The van der Waals surface area contributed by atoms with Gasteiger partial charge in [-0.05, 0) is 6.08 Å². The van der Waals surface area contributed by atoms with Gasteiger partial charge in [0.15, 0.2) is 0 Å². The van der Waals surface area contributed by atoms with Gasteiger partial charge in [0.05, 0.1) is 5.57 Å². The van der Waals surface area contributed by atoms with E-state index >= 15 is 0 Å². The highest BCUT2D eigenvalue weighted by Gasteiger charge is 2.18. The van der Waals surface area contributed by atoms with Crippen LogP contribution in [0, 0.1) is 0 Å². The number of allylic oxidation sites excluding steroid dienone is 4. The molecular weight excluding hydrogens is 269 g/mol. The fourth-order valence-corrected chi connectivity index (χ4v) is 3.21. The molecule has 0 radical (unpaired) electrons. The van der Waals surface area contributed by atoms with Crippen LogP contribution < -0.4 is 10.6 Å². The van der Waals surface area contributed by atoms with Gasteiger partial charge in [0, 0.05) is 17.7 Å². The molecule has 20 heavy (non-hydrogen) atoms. The van der Waals surface area contributed by atoms with Crippen molar-refractivity contribution in [2.24, 2.45) is 0 Å². The minimum atomic E-state index is -2.28. The molecule has 1 aromatic rings. The lowest BCUT2D eigenvalue weighted by molar-refractivity contribution is -0.116. The van der Waals surface area contributed by atoms with Crippen molar-refractivity contribution in [3.8, 4) is 0 Å². The van der Waals surface area contributed by atoms with E-state index in [1.165, 1.54) is 19.2 Å². The number of carbonyl (C=O) groups is 1. The highest BCUT2D eigenvalue weighted by atomic mass is 31.1. The zero-order chi connectivity index (χ0) is 15.0. The summed E-state index contributed by atoms with van der Waals surface area (Å²) in [6.07, 6.45) is 6.20. The molecular formula is C16H18NO2P. The molecule has 4 heteroatoms. The molecule has 0 bridgehead atoms. The number of benzene rings is 1. The van der Waals surface area contributed by atoms with Crippen LogP contribution in [-0.4, -0.2) is 13.0 Å². The molecule has 0 saturated carbocycles. The average Bonchev–Trinajstić information content (AvgIpc) is 2.50. The van der Waals surface area contributed by atoms with E-state index < -0.39 is 7.80 Å². The number of likely N-dealkylation sites (N-methyl/N-ethyl adjacent to an activating group) is 1. The van der Waals surface area contributed by atoms with Crippen LogP contribution in [0.2, 0.25) is 0 Å². The van der Waals surface area contributed by atoms with Gasteiger partial charge in [-0.3, -0.25) is 4.79 Å². The van der Waals surface area contributed by atoms with Crippen molar-refractivity contribution in [1.82, 2.24) is 5.32 Å². The second-order valence-corrected chi connectivity index (χ2v) is 5.68. The number of hydrogen-bond acceptors (Lipinski definition) is 2. The second-order valence-electron chi connectivity index (χ2n) is 3.91. The Labute approximate surface area is 120 Å². The Bertz CT molecular complexity index is 586. The number of rotatable bonds is 6. The molecule has 1 aromatic carbocycles. The maximum atomic E-state index is 12.7. The maximum absolute atomic E-state index is 12.7. The van der Waals surface area contributed by atoms with Crippen molar-refractivity contribution in [1.29, 1.82) is 0 Å². The molecule has 0 fully saturated rings. The molecule has 0 aliphatic heterocycles. The quantitative estimate of drug-likeness (QED) is 0.497. The molecule has 104 valence electrons. The highest BCUT2D eigenvalue weighted by Crippen LogP contribution is 2.36. The van der Waals surface area contributed by atoms with E-state index in [0.29, 0.717) is 16.2 Å². The van der Waals surface area contributed by atoms with Gasteiger partial charge in [0.25, 0.3) is 5.91 Å².